The smallest absolute Gasteiger partial charge is 0.302 e. The Balaban J connectivity index is 1.75. The Morgan fingerprint density at radius 1 is 0.897 bits per heavy atom. The van der Waals surface area contributed by atoms with Crippen LogP contribution in [-0.2, 0) is 37.0 Å². The number of ether oxygens (including phenoxy) is 4. The van der Waals surface area contributed by atoms with Crippen molar-refractivity contribution in [1.29, 1.82) is 0 Å². The minimum absolute atomic E-state index is 0.121. The highest BCUT2D eigenvalue weighted by Crippen LogP contribution is 2.27. The number of hydrogen-bond acceptors (Lipinski definition) is 7. The van der Waals surface area contributed by atoms with Gasteiger partial charge in [0.25, 0.3) is 0 Å². The van der Waals surface area contributed by atoms with E-state index in [4.69, 9.17) is 18.9 Å². The van der Waals surface area contributed by atoms with Gasteiger partial charge in [0, 0.05) is 6.92 Å². The molecular weight excluding hydrogens is 376 g/mol. The maximum absolute atomic E-state index is 11.2. The molecule has 0 bridgehead atoms. The molecule has 0 amide bonds. The van der Waals surface area contributed by atoms with Crippen molar-refractivity contribution in [2.24, 2.45) is 0 Å². The normalized spacial score (nSPS) is 26.8. The maximum Gasteiger partial charge on any atom is 0.302 e. The summed E-state index contributed by atoms with van der Waals surface area (Å²) in [7, 11) is 0. The van der Waals surface area contributed by atoms with Crippen molar-refractivity contribution in [3.8, 4) is 0 Å². The lowest BCUT2D eigenvalue weighted by atomic mass is 9.98. The van der Waals surface area contributed by atoms with Crippen LogP contribution in [0.2, 0.25) is 0 Å². The predicted octanol–water partition coefficient (Wildman–Crippen LogP) is 1.80. The Morgan fingerprint density at radius 2 is 1.41 bits per heavy atom. The fourth-order valence-corrected chi connectivity index (χ4v) is 3.17. The Hall–Kier alpha value is -2.29. The van der Waals surface area contributed by atoms with Crippen molar-refractivity contribution >= 4 is 5.97 Å². The van der Waals surface area contributed by atoms with Crippen molar-refractivity contribution in [2.45, 2.75) is 50.8 Å². The van der Waals surface area contributed by atoms with Gasteiger partial charge in [-0.3, -0.25) is 4.79 Å². The minimum atomic E-state index is -1.48. The lowest BCUT2D eigenvalue weighted by Crippen LogP contribution is -2.60. The Morgan fingerprint density at radius 3 is 1.93 bits per heavy atom. The number of aliphatic hydroxyl groups excluding tert-OH is 2. The molecule has 5 atom stereocenters. The van der Waals surface area contributed by atoms with E-state index in [9.17, 15) is 15.0 Å². The zero-order valence-corrected chi connectivity index (χ0v) is 16.2. The average molecular weight is 402 g/mol. The van der Waals surface area contributed by atoms with Crippen LogP contribution in [0, 0.1) is 0 Å². The summed E-state index contributed by atoms with van der Waals surface area (Å²) in [4.78, 5) is 11.2. The van der Waals surface area contributed by atoms with Crippen molar-refractivity contribution in [3.63, 3.8) is 0 Å². The fraction of sp³-hybridized carbons (Fsp3) is 0.409. The molecule has 2 aromatic carbocycles. The van der Waals surface area contributed by atoms with E-state index in [1.807, 2.05) is 60.7 Å². The molecule has 1 aliphatic heterocycles. The summed E-state index contributed by atoms with van der Waals surface area (Å²) in [6.07, 6.45) is -5.21. The molecule has 0 aliphatic carbocycles. The lowest BCUT2D eigenvalue weighted by molar-refractivity contribution is -0.305. The molecule has 29 heavy (non-hydrogen) atoms. The predicted molar refractivity (Wildman–Crippen MR) is 104 cm³/mol. The first-order valence-electron chi connectivity index (χ1n) is 9.50. The highest BCUT2D eigenvalue weighted by molar-refractivity contribution is 5.65. The Bertz CT molecular complexity index is 752. The monoisotopic (exact) mass is 402 g/mol. The molecule has 7 heteroatoms. The third kappa shape index (κ3) is 6.09. The second kappa shape index (κ2) is 10.5. The van der Waals surface area contributed by atoms with Gasteiger partial charge in [0.1, 0.15) is 31.0 Å². The van der Waals surface area contributed by atoms with Crippen LogP contribution in [0.15, 0.2) is 60.7 Å². The Labute approximate surface area is 169 Å². The number of carbonyl (C=O) groups excluding carboxylic acids is 1. The van der Waals surface area contributed by atoms with E-state index in [-0.39, 0.29) is 19.8 Å². The standard InChI is InChI=1S/C22H26O7/c1-15(23)26-14-18-20(27-12-16-8-4-2-5-9-16)21(19(24)22(25)29-18)28-13-17-10-6-3-7-11-17/h2-11,18-22,24-25H,12-14H2,1H3/t18-,19+,20+,21-,22+/m1/s1. The van der Waals surface area contributed by atoms with E-state index in [1.165, 1.54) is 6.92 Å². The molecule has 0 radical (unpaired) electrons. The van der Waals surface area contributed by atoms with Gasteiger partial charge in [-0.05, 0) is 11.1 Å². The van der Waals surface area contributed by atoms with E-state index in [2.05, 4.69) is 0 Å². The molecule has 1 heterocycles. The summed E-state index contributed by atoms with van der Waals surface area (Å²) in [6, 6.07) is 19.0. The van der Waals surface area contributed by atoms with Gasteiger partial charge in [0.2, 0.25) is 0 Å². The molecule has 0 saturated carbocycles. The van der Waals surface area contributed by atoms with Gasteiger partial charge in [0.15, 0.2) is 6.29 Å². The zero-order chi connectivity index (χ0) is 20.6. The summed E-state index contributed by atoms with van der Waals surface area (Å²) < 4.78 is 22.5. The van der Waals surface area contributed by atoms with E-state index in [0.29, 0.717) is 0 Å². The Kier molecular flexibility index (Phi) is 7.74. The van der Waals surface area contributed by atoms with Gasteiger partial charge in [-0.1, -0.05) is 60.7 Å². The van der Waals surface area contributed by atoms with Crippen LogP contribution >= 0.6 is 0 Å². The molecule has 0 spiro atoms. The van der Waals surface area contributed by atoms with Crippen LogP contribution < -0.4 is 0 Å². The molecule has 1 saturated heterocycles. The second-order valence-electron chi connectivity index (χ2n) is 6.88. The van der Waals surface area contributed by atoms with Gasteiger partial charge in [0.05, 0.1) is 13.2 Å². The van der Waals surface area contributed by atoms with Crippen LogP contribution in [-0.4, -0.2) is 53.5 Å². The highest BCUT2D eigenvalue weighted by atomic mass is 16.7. The molecule has 1 aliphatic rings. The van der Waals surface area contributed by atoms with Gasteiger partial charge >= 0.3 is 5.97 Å². The summed E-state index contributed by atoms with van der Waals surface area (Å²) >= 11 is 0. The molecule has 1 fully saturated rings. The van der Waals surface area contributed by atoms with Crippen LogP contribution in [0.1, 0.15) is 18.1 Å². The summed E-state index contributed by atoms with van der Waals surface area (Å²) in [5.74, 6) is -0.474. The lowest BCUT2D eigenvalue weighted by Gasteiger charge is -2.42. The molecule has 2 aromatic rings. The summed E-state index contributed by atoms with van der Waals surface area (Å²) in [5.41, 5.74) is 1.85. The maximum atomic E-state index is 11.2. The van der Waals surface area contributed by atoms with Crippen molar-refractivity contribution in [3.05, 3.63) is 71.8 Å². The number of rotatable bonds is 8. The quantitative estimate of drug-likeness (QED) is 0.650. The molecular formula is C22H26O7. The van der Waals surface area contributed by atoms with Crippen LogP contribution in [0.25, 0.3) is 0 Å². The third-order valence-electron chi connectivity index (χ3n) is 4.65. The molecule has 2 N–H and O–H groups in total. The average Bonchev–Trinajstić information content (AvgIpc) is 2.74. The number of hydrogen-bond donors (Lipinski definition) is 2. The van der Waals surface area contributed by atoms with Gasteiger partial charge in [-0.15, -0.1) is 0 Å². The molecule has 0 aromatic heterocycles. The molecule has 0 unspecified atom stereocenters. The van der Waals surface area contributed by atoms with Crippen LogP contribution in [0.3, 0.4) is 0 Å². The first kappa shape index (κ1) is 21.4. The van der Waals surface area contributed by atoms with Gasteiger partial charge < -0.3 is 29.2 Å². The number of esters is 1. The SMILES string of the molecule is CC(=O)OC[C@H]1O[C@H](O)[C@@H](O)[C@@H](OCc2ccccc2)[C@H]1OCc1ccccc1. The first-order chi connectivity index (χ1) is 14.0. The van der Waals surface area contributed by atoms with E-state index >= 15 is 0 Å². The minimum Gasteiger partial charge on any atom is -0.463 e. The topological polar surface area (TPSA) is 94.5 Å². The van der Waals surface area contributed by atoms with Gasteiger partial charge in [-0.2, -0.15) is 0 Å². The number of carbonyl (C=O) groups is 1. The van der Waals surface area contributed by atoms with E-state index < -0.39 is 36.7 Å². The highest BCUT2D eigenvalue weighted by Gasteiger charge is 2.46. The molecule has 156 valence electrons. The van der Waals surface area contributed by atoms with Crippen LogP contribution in [0.5, 0.6) is 0 Å². The van der Waals surface area contributed by atoms with Crippen LogP contribution in [0.4, 0.5) is 0 Å². The zero-order valence-electron chi connectivity index (χ0n) is 16.2. The summed E-state index contributed by atoms with van der Waals surface area (Å²) in [6.45, 7) is 1.64. The van der Waals surface area contributed by atoms with E-state index in [1.54, 1.807) is 0 Å². The molecule has 7 nitrogen and oxygen atoms in total. The summed E-state index contributed by atoms with van der Waals surface area (Å²) in [5, 5.41) is 20.6. The number of aliphatic hydroxyl groups is 2. The van der Waals surface area contributed by atoms with Crippen molar-refractivity contribution in [2.75, 3.05) is 6.61 Å². The molecule has 3 rings (SSSR count). The third-order valence-corrected chi connectivity index (χ3v) is 4.65. The second-order valence-corrected chi connectivity index (χ2v) is 6.88. The largest absolute Gasteiger partial charge is 0.463 e. The van der Waals surface area contributed by atoms with Crippen molar-refractivity contribution in [1.82, 2.24) is 0 Å². The fourth-order valence-electron chi connectivity index (χ4n) is 3.17. The van der Waals surface area contributed by atoms with Crippen molar-refractivity contribution < 1.29 is 34.0 Å². The first-order valence-corrected chi connectivity index (χ1v) is 9.50. The van der Waals surface area contributed by atoms with Gasteiger partial charge in [-0.25, -0.2) is 0 Å². The number of benzene rings is 2. The van der Waals surface area contributed by atoms with E-state index in [0.717, 1.165) is 11.1 Å².